The van der Waals surface area contributed by atoms with Crippen molar-refractivity contribution < 1.29 is 47.2 Å². The smallest absolute Gasteiger partial charge is 0.335 e. The Morgan fingerprint density at radius 3 is 2.56 bits per heavy atom. The number of carbonyl (C=O) groups excluding carboxylic acids is 1. The lowest BCUT2D eigenvalue weighted by molar-refractivity contribution is -0.183. The first-order chi connectivity index (χ1) is 26.1. The highest BCUT2D eigenvalue weighted by molar-refractivity contribution is 5.88. The van der Waals surface area contributed by atoms with Crippen molar-refractivity contribution in [1.29, 1.82) is 0 Å². The highest BCUT2D eigenvalue weighted by Crippen LogP contribution is 2.51. The molecule has 0 radical (unpaired) electrons. The second kappa shape index (κ2) is 19.0. The second-order valence-corrected chi connectivity index (χ2v) is 15.0. The number of benzene rings is 3. The molecule has 2 heterocycles. The Bertz CT molecular complexity index is 1720. The molecule has 290 valence electrons. The maximum absolute atomic E-state index is 14.6. The van der Waals surface area contributed by atoms with Gasteiger partial charge in [-0.1, -0.05) is 48.6 Å². The third-order valence-corrected chi connectivity index (χ3v) is 10.8. The minimum atomic E-state index is -0.971. The van der Waals surface area contributed by atoms with Crippen molar-refractivity contribution in [3.8, 4) is 16.9 Å². The van der Waals surface area contributed by atoms with Crippen LogP contribution in [0.3, 0.4) is 0 Å². The van der Waals surface area contributed by atoms with Crippen molar-refractivity contribution >= 4 is 11.9 Å². The summed E-state index contributed by atoms with van der Waals surface area (Å²) < 4.78 is 58.8. The number of ether oxygens (including phenoxy) is 5. The molecule has 2 saturated heterocycles. The fourth-order valence-corrected chi connectivity index (χ4v) is 8.21. The van der Waals surface area contributed by atoms with E-state index in [1.54, 1.807) is 12.1 Å². The Morgan fingerprint density at radius 2 is 1.80 bits per heavy atom. The van der Waals surface area contributed by atoms with E-state index in [9.17, 15) is 23.5 Å². The first-order valence-electron chi connectivity index (χ1n) is 19.4. The Balaban J connectivity index is 1.26. The maximum Gasteiger partial charge on any atom is 0.335 e. The number of carboxylic acid groups (broad SMARTS) is 1. The van der Waals surface area contributed by atoms with Gasteiger partial charge in [-0.2, -0.15) is 0 Å². The number of esters is 1. The van der Waals surface area contributed by atoms with E-state index in [4.69, 9.17) is 23.7 Å². The molecule has 1 saturated carbocycles. The van der Waals surface area contributed by atoms with Crippen molar-refractivity contribution in [3.63, 3.8) is 0 Å². The second-order valence-electron chi connectivity index (χ2n) is 15.0. The first-order valence-corrected chi connectivity index (χ1v) is 19.4. The zero-order valence-electron chi connectivity index (χ0n) is 31.2. The first kappa shape index (κ1) is 39.6. The molecule has 7 atom stereocenters. The van der Waals surface area contributed by atoms with E-state index in [1.165, 1.54) is 0 Å². The third-order valence-electron chi connectivity index (χ3n) is 10.8. The summed E-state index contributed by atoms with van der Waals surface area (Å²) in [6.07, 6.45) is 10.4. The molecule has 3 fully saturated rings. The van der Waals surface area contributed by atoms with Crippen LogP contribution < -0.4 is 4.74 Å². The molecule has 8 nitrogen and oxygen atoms in total. The summed E-state index contributed by atoms with van der Waals surface area (Å²) in [6.45, 7) is 4.90. The molecule has 54 heavy (non-hydrogen) atoms. The van der Waals surface area contributed by atoms with E-state index in [2.05, 4.69) is 18.2 Å². The van der Waals surface area contributed by atoms with Gasteiger partial charge in [0.25, 0.3) is 0 Å². The molecular formula is C44H52F2O8. The number of hydrogen-bond acceptors (Lipinski definition) is 7. The lowest BCUT2D eigenvalue weighted by atomic mass is 9.79. The van der Waals surface area contributed by atoms with Crippen molar-refractivity contribution in [2.45, 2.75) is 102 Å². The SMILES string of the molecule is CC(C)OC(=O)CCC[C@H]1CC[C@@H]2[C@H](C=C[C@H](COc3cc(F)ccc3F)OC3CCCCO3)[C@H](c3ccccc3-c3ccc(C(=O)O)cc3)C[C@@H]2OC1. The molecule has 6 rings (SSSR count). The van der Waals surface area contributed by atoms with Gasteiger partial charge in [-0.3, -0.25) is 4.79 Å². The number of halogens is 2. The molecule has 0 spiro atoms. The molecule has 1 N–H and O–H groups in total. The van der Waals surface area contributed by atoms with Gasteiger partial charge in [-0.25, -0.2) is 13.6 Å². The number of fused-ring (bicyclic) bond motifs is 1. The summed E-state index contributed by atoms with van der Waals surface area (Å²) in [5, 5.41) is 9.50. The summed E-state index contributed by atoms with van der Waals surface area (Å²) in [7, 11) is 0. The largest absolute Gasteiger partial charge is 0.487 e. The minimum Gasteiger partial charge on any atom is -0.487 e. The van der Waals surface area contributed by atoms with Crippen molar-refractivity contribution in [2.75, 3.05) is 19.8 Å². The van der Waals surface area contributed by atoms with Gasteiger partial charge in [0.05, 0.1) is 17.8 Å². The number of hydrogen-bond donors (Lipinski definition) is 1. The summed E-state index contributed by atoms with van der Waals surface area (Å²) in [6, 6.07) is 18.4. The van der Waals surface area contributed by atoms with Crippen LogP contribution in [0.5, 0.6) is 5.75 Å². The van der Waals surface area contributed by atoms with Crippen LogP contribution in [0.15, 0.2) is 78.9 Å². The van der Waals surface area contributed by atoms with Crippen molar-refractivity contribution in [1.82, 2.24) is 0 Å². The van der Waals surface area contributed by atoms with Gasteiger partial charge in [-0.15, -0.1) is 0 Å². The van der Waals surface area contributed by atoms with Crippen LogP contribution >= 0.6 is 0 Å². The molecule has 1 unspecified atom stereocenters. The van der Waals surface area contributed by atoms with Crippen LogP contribution in [-0.2, 0) is 23.7 Å². The lowest BCUT2D eigenvalue weighted by Gasteiger charge is -2.28. The van der Waals surface area contributed by atoms with Crippen molar-refractivity contribution in [2.24, 2.45) is 17.8 Å². The topological polar surface area (TPSA) is 101 Å². The van der Waals surface area contributed by atoms with Gasteiger partial charge in [0, 0.05) is 25.7 Å². The van der Waals surface area contributed by atoms with Crippen LogP contribution in [0.25, 0.3) is 11.1 Å². The zero-order chi connectivity index (χ0) is 38.0. The highest BCUT2D eigenvalue weighted by Gasteiger charge is 2.45. The van der Waals surface area contributed by atoms with Gasteiger partial charge in [0.2, 0.25) is 0 Å². The number of rotatable bonds is 15. The van der Waals surface area contributed by atoms with Gasteiger partial charge >= 0.3 is 11.9 Å². The van der Waals surface area contributed by atoms with Crippen LogP contribution in [0.1, 0.15) is 93.5 Å². The molecule has 3 aliphatic rings. The van der Waals surface area contributed by atoms with Crippen LogP contribution in [0.2, 0.25) is 0 Å². The molecule has 3 aromatic carbocycles. The maximum atomic E-state index is 14.6. The number of aromatic carboxylic acids is 1. The van der Waals surface area contributed by atoms with Crippen LogP contribution in [0, 0.1) is 29.4 Å². The third kappa shape index (κ3) is 10.5. The van der Waals surface area contributed by atoms with Crippen LogP contribution in [0.4, 0.5) is 8.78 Å². The predicted molar refractivity (Wildman–Crippen MR) is 200 cm³/mol. The van der Waals surface area contributed by atoms with E-state index in [0.29, 0.717) is 25.6 Å². The van der Waals surface area contributed by atoms with Gasteiger partial charge in [0.1, 0.15) is 18.5 Å². The van der Waals surface area contributed by atoms with E-state index < -0.39 is 30.0 Å². The lowest BCUT2D eigenvalue weighted by Crippen LogP contribution is -2.31. The minimum absolute atomic E-state index is 0.00156. The summed E-state index contributed by atoms with van der Waals surface area (Å²) in [5.74, 6) is -1.92. The summed E-state index contributed by atoms with van der Waals surface area (Å²) >= 11 is 0. The van der Waals surface area contributed by atoms with Gasteiger partial charge < -0.3 is 28.8 Å². The Morgan fingerprint density at radius 1 is 0.981 bits per heavy atom. The highest BCUT2D eigenvalue weighted by atomic mass is 19.1. The normalized spacial score (nSPS) is 24.9. The summed E-state index contributed by atoms with van der Waals surface area (Å²) in [4.78, 5) is 23.8. The Labute approximate surface area is 316 Å². The molecule has 10 heteroatoms. The van der Waals surface area contributed by atoms with Gasteiger partial charge in [0.15, 0.2) is 17.9 Å². The molecule has 0 bridgehead atoms. The predicted octanol–water partition coefficient (Wildman–Crippen LogP) is 9.51. The fourth-order valence-electron chi connectivity index (χ4n) is 8.21. The Kier molecular flexibility index (Phi) is 13.9. The van der Waals surface area contributed by atoms with Crippen molar-refractivity contribution in [3.05, 3.63) is 102 Å². The molecule has 1 aliphatic carbocycles. The standard InChI is InChI=1S/C44H52F2O8/c1-28(2)53-42(47)11-7-8-29-13-20-37-36(21-19-33(54-43-12-5-6-23-50-43)27-52-41-24-32(45)18-22-39(41)46)38(25-40(37)51-26-29)35-10-4-3-9-34(35)30-14-16-31(17-15-30)44(48)49/h3-4,9-10,14-19,21-22,24,28-29,33,36-38,40,43H,5-8,11-13,20,23,25-27H2,1-2H3,(H,48,49)/t29-,33+,36-,37+,38-,40-,43?/m0/s1. The van der Waals surface area contributed by atoms with Gasteiger partial charge in [-0.05, 0) is 130 Å². The fraction of sp³-hybridized carbons (Fsp3) is 0.500. The van der Waals surface area contributed by atoms with E-state index >= 15 is 0 Å². The monoisotopic (exact) mass is 746 g/mol. The molecule has 2 aliphatic heterocycles. The number of carboxylic acids is 1. The average molecular weight is 747 g/mol. The number of carbonyl (C=O) groups is 2. The van der Waals surface area contributed by atoms with E-state index in [1.807, 2.05) is 44.2 Å². The van der Waals surface area contributed by atoms with E-state index in [-0.39, 0.29) is 53.9 Å². The molecule has 0 amide bonds. The zero-order valence-corrected chi connectivity index (χ0v) is 31.2. The molecule has 3 aromatic rings. The Hall–Kier alpha value is -4.12. The van der Waals surface area contributed by atoms with Crippen LogP contribution in [-0.4, -0.2) is 61.5 Å². The van der Waals surface area contributed by atoms with E-state index in [0.717, 1.165) is 86.3 Å². The summed E-state index contributed by atoms with van der Waals surface area (Å²) in [5.41, 5.74) is 3.35. The quantitative estimate of drug-likeness (QED) is 0.121. The average Bonchev–Trinajstić information content (AvgIpc) is 3.39. The molecular weight excluding hydrogens is 694 g/mol. The number of allylic oxidation sites excluding steroid dienone is 1. The molecule has 0 aromatic heterocycles.